The van der Waals surface area contributed by atoms with Crippen molar-refractivity contribution in [3.8, 4) is 11.1 Å². The largest absolute Gasteiger partial charge is 0.364 e. The van der Waals surface area contributed by atoms with Gasteiger partial charge in [-0.05, 0) is 29.7 Å². The first kappa shape index (κ1) is 10.9. The molecule has 2 heteroatoms. The van der Waals surface area contributed by atoms with Gasteiger partial charge < -0.3 is 10.2 Å². The van der Waals surface area contributed by atoms with E-state index >= 15 is 0 Å². The van der Waals surface area contributed by atoms with Gasteiger partial charge in [0.2, 0.25) is 0 Å². The van der Waals surface area contributed by atoms with Gasteiger partial charge in [0, 0.05) is 5.56 Å². The van der Waals surface area contributed by atoms with Gasteiger partial charge in [-0.1, -0.05) is 42.5 Å². The molecule has 0 bridgehead atoms. The van der Waals surface area contributed by atoms with Crippen LogP contribution in [0.3, 0.4) is 0 Å². The molecule has 0 aliphatic carbocycles. The van der Waals surface area contributed by atoms with Crippen molar-refractivity contribution in [3.63, 3.8) is 0 Å². The highest BCUT2D eigenvalue weighted by molar-refractivity contribution is 5.67. The zero-order valence-corrected chi connectivity index (χ0v) is 9.09. The highest BCUT2D eigenvalue weighted by atomic mass is 16.5. The lowest BCUT2D eigenvalue weighted by Crippen LogP contribution is -1.94. The van der Waals surface area contributed by atoms with E-state index in [0.29, 0.717) is 5.56 Å². The summed E-state index contributed by atoms with van der Waals surface area (Å²) < 4.78 is 0. The Morgan fingerprint density at radius 2 is 1.69 bits per heavy atom. The van der Waals surface area contributed by atoms with Crippen molar-refractivity contribution in [2.75, 3.05) is 0 Å². The third-order valence-electron chi connectivity index (χ3n) is 2.64. The van der Waals surface area contributed by atoms with E-state index in [2.05, 4.69) is 0 Å². The first-order valence-corrected chi connectivity index (χ1v) is 5.20. The Balaban J connectivity index is 2.49. The summed E-state index contributed by atoms with van der Waals surface area (Å²) in [6, 6.07) is 15.3. The number of benzene rings is 2. The van der Waals surface area contributed by atoms with Crippen LogP contribution < -0.4 is 0 Å². The van der Waals surface area contributed by atoms with Gasteiger partial charge in [-0.15, -0.1) is 0 Å². The predicted octanol–water partition coefficient (Wildman–Crippen LogP) is 2.65. The molecule has 0 heterocycles. The minimum atomic E-state index is -1.41. The van der Waals surface area contributed by atoms with E-state index in [0.717, 1.165) is 11.1 Å². The fourth-order valence-electron chi connectivity index (χ4n) is 1.76. The Morgan fingerprint density at radius 3 is 2.38 bits per heavy atom. The van der Waals surface area contributed by atoms with Crippen LogP contribution in [0.5, 0.6) is 0 Å². The summed E-state index contributed by atoms with van der Waals surface area (Å²) in [4.78, 5) is 0. The summed E-state index contributed by atoms with van der Waals surface area (Å²) in [6.07, 6.45) is -1.41. The summed E-state index contributed by atoms with van der Waals surface area (Å²) in [5.74, 6) is 0. The first-order valence-electron chi connectivity index (χ1n) is 5.20. The molecule has 0 radical (unpaired) electrons. The van der Waals surface area contributed by atoms with Gasteiger partial charge in [-0.2, -0.15) is 0 Å². The van der Waals surface area contributed by atoms with E-state index in [9.17, 15) is 0 Å². The maximum Gasteiger partial charge on any atom is 0.178 e. The van der Waals surface area contributed by atoms with Crippen LogP contribution in [0.15, 0.2) is 48.5 Å². The van der Waals surface area contributed by atoms with Crippen LogP contribution in [0, 0.1) is 6.92 Å². The normalized spacial score (nSPS) is 10.8. The fourth-order valence-corrected chi connectivity index (χ4v) is 1.76. The molecular weight excluding hydrogens is 200 g/mol. The van der Waals surface area contributed by atoms with E-state index in [1.165, 1.54) is 5.56 Å². The molecule has 82 valence electrons. The van der Waals surface area contributed by atoms with E-state index < -0.39 is 6.29 Å². The smallest absolute Gasteiger partial charge is 0.178 e. The summed E-state index contributed by atoms with van der Waals surface area (Å²) in [7, 11) is 0. The standard InChI is InChI=1S/C14H14O2/c1-10-5-2-3-8-13(10)11-6-4-7-12(9-11)14(15)16/h2-9,14-16H,1H3. The van der Waals surface area contributed by atoms with Crippen LogP contribution in [0.2, 0.25) is 0 Å². The lowest BCUT2D eigenvalue weighted by molar-refractivity contribution is -0.0424. The monoisotopic (exact) mass is 214 g/mol. The quantitative estimate of drug-likeness (QED) is 0.754. The molecular formula is C14H14O2. The van der Waals surface area contributed by atoms with Gasteiger partial charge in [-0.3, -0.25) is 0 Å². The highest BCUT2D eigenvalue weighted by Crippen LogP contribution is 2.25. The zero-order valence-electron chi connectivity index (χ0n) is 9.09. The number of aliphatic hydroxyl groups excluding tert-OH is 1. The Morgan fingerprint density at radius 1 is 0.938 bits per heavy atom. The molecule has 0 spiro atoms. The molecule has 0 aliphatic heterocycles. The Bertz CT molecular complexity index is 490. The molecule has 2 nitrogen and oxygen atoms in total. The lowest BCUT2D eigenvalue weighted by atomic mass is 9.99. The van der Waals surface area contributed by atoms with E-state index in [1.807, 2.05) is 43.3 Å². The molecule has 2 rings (SSSR count). The van der Waals surface area contributed by atoms with Gasteiger partial charge >= 0.3 is 0 Å². The van der Waals surface area contributed by atoms with Crippen molar-refractivity contribution in [2.24, 2.45) is 0 Å². The lowest BCUT2D eigenvalue weighted by Gasteiger charge is -2.09. The fraction of sp³-hybridized carbons (Fsp3) is 0.143. The van der Waals surface area contributed by atoms with Gasteiger partial charge in [0.05, 0.1) is 0 Å². The van der Waals surface area contributed by atoms with Crippen LogP contribution in [-0.4, -0.2) is 10.2 Å². The van der Waals surface area contributed by atoms with E-state index in [-0.39, 0.29) is 0 Å². The number of aryl methyl sites for hydroxylation is 1. The van der Waals surface area contributed by atoms with Gasteiger partial charge in [0.1, 0.15) is 0 Å². The zero-order chi connectivity index (χ0) is 11.5. The van der Waals surface area contributed by atoms with Crippen LogP contribution >= 0.6 is 0 Å². The number of hydrogen-bond donors (Lipinski definition) is 2. The van der Waals surface area contributed by atoms with E-state index in [1.54, 1.807) is 12.1 Å². The molecule has 0 atom stereocenters. The maximum atomic E-state index is 9.12. The predicted molar refractivity (Wildman–Crippen MR) is 63.8 cm³/mol. The summed E-state index contributed by atoms with van der Waals surface area (Å²) in [5.41, 5.74) is 3.81. The molecule has 16 heavy (non-hydrogen) atoms. The molecule has 0 unspecified atom stereocenters. The van der Waals surface area contributed by atoms with Crippen LogP contribution in [0.25, 0.3) is 11.1 Å². The second-order valence-corrected chi connectivity index (χ2v) is 3.81. The van der Waals surface area contributed by atoms with Crippen molar-refractivity contribution in [1.82, 2.24) is 0 Å². The van der Waals surface area contributed by atoms with Gasteiger partial charge in [-0.25, -0.2) is 0 Å². The van der Waals surface area contributed by atoms with Crippen molar-refractivity contribution in [2.45, 2.75) is 13.2 Å². The maximum absolute atomic E-state index is 9.12. The van der Waals surface area contributed by atoms with Crippen molar-refractivity contribution in [1.29, 1.82) is 0 Å². The molecule has 0 amide bonds. The SMILES string of the molecule is Cc1ccccc1-c1cccc(C(O)O)c1. The summed E-state index contributed by atoms with van der Waals surface area (Å²) in [6.45, 7) is 2.04. The Labute approximate surface area is 94.8 Å². The van der Waals surface area contributed by atoms with Crippen molar-refractivity contribution >= 4 is 0 Å². The minimum absolute atomic E-state index is 0.515. The molecule has 0 fully saturated rings. The number of rotatable bonds is 2. The number of aliphatic hydroxyl groups is 2. The molecule has 2 N–H and O–H groups in total. The highest BCUT2D eigenvalue weighted by Gasteiger charge is 2.05. The topological polar surface area (TPSA) is 40.5 Å². The van der Waals surface area contributed by atoms with Gasteiger partial charge in [0.15, 0.2) is 6.29 Å². The summed E-state index contributed by atoms with van der Waals surface area (Å²) >= 11 is 0. The van der Waals surface area contributed by atoms with Crippen molar-refractivity contribution in [3.05, 3.63) is 59.7 Å². The average molecular weight is 214 g/mol. The first-order chi connectivity index (χ1) is 7.68. The van der Waals surface area contributed by atoms with Gasteiger partial charge in [0.25, 0.3) is 0 Å². The molecule has 0 saturated heterocycles. The number of hydrogen-bond acceptors (Lipinski definition) is 2. The van der Waals surface area contributed by atoms with Crippen molar-refractivity contribution < 1.29 is 10.2 Å². The van der Waals surface area contributed by atoms with Crippen LogP contribution in [-0.2, 0) is 0 Å². The molecule has 2 aromatic rings. The average Bonchev–Trinajstić information content (AvgIpc) is 2.30. The third kappa shape index (κ3) is 2.13. The molecule has 0 saturated carbocycles. The van der Waals surface area contributed by atoms with Crippen LogP contribution in [0.4, 0.5) is 0 Å². The third-order valence-corrected chi connectivity index (χ3v) is 2.64. The molecule has 0 aromatic heterocycles. The molecule has 0 aliphatic rings. The molecule has 2 aromatic carbocycles. The minimum Gasteiger partial charge on any atom is -0.364 e. The second-order valence-electron chi connectivity index (χ2n) is 3.81. The van der Waals surface area contributed by atoms with E-state index in [4.69, 9.17) is 10.2 Å². The van der Waals surface area contributed by atoms with Crippen LogP contribution in [0.1, 0.15) is 17.4 Å². The Hall–Kier alpha value is -1.64. The summed E-state index contributed by atoms with van der Waals surface area (Å²) in [5, 5.41) is 18.2. The second kappa shape index (κ2) is 4.47. The Kier molecular flexibility index (Phi) is 3.04.